The van der Waals surface area contributed by atoms with Crippen LogP contribution in [0.25, 0.3) is 10.4 Å². The van der Waals surface area contributed by atoms with Crippen molar-refractivity contribution in [2.45, 2.75) is 0 Å². The molecule has 2 N–H and O–H groups in total. The first-order valence-electron chi connectivity index (χ1n) is 4.39. The normalized spacial score (nSPS) is 10.3. The number of hydrogen-bond donors (Lipinski definition) is 2. The van der Waals surface area contributed by atoms with Gasteiger partial charge in [-0.15, -0.1) is 11.3 Å². The number of phenols is 1. The lowest BCUT2D eigenvalue weighted by Crippen LogP contribution is -1.95. The van der Waals surface area contributed by atoms with Gasteiger partial charge in [0.05, 0.1) is 10.4 Å². The Morgan fingerprint density at radius 2 is 2.06 bits per heavy atom. The highest BCUT2D eigenvalue weighted by Gasteiger charge is 2.12. The van der Waals surface area contributed by atoms with Crippen LogP contribution in [0.5, 0.6) is 5.75 Å². The fourth-order valence-electron chi connectivity index (χ4n) is 1.34. The second-order valence-corrected chi connectivity index (χ2v) is 4.91. The van der Waals surface area contributed by atoms with Crippen molar-refractivity contribution >= 4 is 33.2 Å². The van der Waals surface area contributed by atoms with Crippen LogP contribution in [-0.4, -0.2) is 16.2 Å². The van der Waals surface area contributed by atoms with Crippen LogP contribution < -0.4 is 0 Å². The molecular formula is C11H7BrO3S. The summed E-state index contributed by atoms with van der Waals surface area (Å²) in [6, 6.07) is 6.22. The highest BCUT2D eigenvalue weighted by atomic mass is 79.9. The highest BCUT2D eigenvalue weighted by molar-refractivity contribution is 9.10. The Morgan fingerprint density at radius 1 is 1.31 bits per heavy atom. The molecule has 2 aromatic rings. The molecule has 0 fully saturated rings. The van der Waals surface area contributed by atoms with Crippen molar-refractivity contribution < 1.29 is 15.0 Å². The number of halogens is 1. The molecule has 0 aliphatic carbocycles. The Balaban J connectivity index is 2.52. The molecule has 0 amide bonds. The predicted octanol–water partition coefficient (Wildman–Crippen LogP) is 3.58. The SMILES string of the molecule is O=C(O)c1ccc(-c2sccc2Br)c(O)c1. The number of carbonyl (C=O) groups is 1. The van der Waals surface area contributed by atoms with Crippen LogP contribution in [0.2, 0.25) is 0 Å². The monoisotopic (exact) mass is 298 g/mol. The molecule has 16 heavy (non-hydrogen) atoms. The van der Waals surface area contributed by atoms with Crippen LogP contribution in [0, 0.1) is 0 Å². The van der Waals surface area contributed by atoms with Gasteiger partial charge in [0.1, 0.15) is 5.75 Å². The van der Waals surface area contributed by atoms with Crippen LogP contribution >= 0.6 is 27.3 Å². The number of aromatic hydroxyl groups is 1. The Kier molecular flexibility index (Phi) is 2.98. The van der Waals surface area contributed by atoms with E-state index in [1.807, 2.05) is 11.4 Å². The quantitative estimate of drug-likeness (QED) is 0.891. The van der Waals surface area contributed by atoms with E-state index < -0.39 is 5.97 Å². The summed E-state index contributed by atoms with van der Waals surface area (Å²) < 4.78 is 0.885. The van der Waals surface area contributed by atoms with Gasteiger partial charge in [-0.05, 0) is 45.6 Å². The zero-order valence-corrected chi connectivity index (χ0v) is 10.4. The third-order valence-corrected chi connectivity index (χ3v) is 3.98. The van der Waals surface area contributed by atoms with Gasteiger partial charge < -0.3 is 10.2 Å². The second kappa shape index (κ2) is 4.27. The second-order valence-electron chi connectivity index (χ2n) is 3.13. The zero-order valence-electron chi connectivity index (χ0n) is 7.98. The van der Waals surface area contributed by atoms with Gasteiger partial charge in [-0.3, -0.25) is 0 Å². The minimum absolute atomic E-state index is 0.0250. The van der Waals surface area contributed by atoms with Gasteiger partial charge in [-0.1, -0.05) is 0 Å². The van der Waals surface area contributed by atoms with Crippen molar-refractivity contribution in [1.29, 1.82) is 0 Å². The van der Waals surface area contributed by atoms with Gasteiger partial charge in [0, 0.05) is 10.0 Å². The summed E-state index contributed by atoms with van der Waals surface area (Å²) in [5, 5.41) is 20.4. The molecule has 1 aromatic carbocycles. The number of carboxylic acid groups (broad SMARTS) is 1. The molecule has 0 atom stereocenters. The van der Waals surface area contributed by atoms with E-state index in [9.17, 15) is 9.90 Å². The molecule has 0 spiro atoms. The molecule has 0 aliphatic heterocycles. The molecule has 3 nitrogen and oxygen atoms in total. The molecular weight excluding hydrogens is 292 g/mol. The Labute approximate surface area is 104 Å². The Hall–Kier alpha value is -1.33. The molecule has 5 heteroatoms. The first-order chi connectivity index (χ1) is 7.59. The lowest BCUT2D eigenvalue weighted by atomic mass is 10.1. The molecule has 0 radical (unpaired) electrons. The number of phenolic OH excluding ortho intramolecular Hbond substituents is 1. The summed E-state index contributed by atoms with van der Waals surface area (Å²) in [5.74, 6) is -1.07. The summed E-state index contributed by atoms with van der Waals surface area (Å²) in [6.45, 7) is 0. The van der Waals surface area contributed by atoms with Crippen molar-refractivity contribution in [3.63, 3.8) is 0 Å². The van der Waals surface area contributed by atoms with Crippen molar-refractivity contribution in [1.82, 2.24) is 0 Å². The summed E-state index contributed by atoms with van der Waals surface area (Å²) in [5.41, 5.74) is 0.709. The zero-order chi connectivity index (χ0) is 11.7. The van der Waals surface area contributed by atoms with Gasteiger partial charge in [0.2, 0.25) is 0 Å². The maximum Gasteiger partial charge on any atom is 0.335 e. The van der Waals surface area contributed by atoms with Crippen molar-refractivity contribution in [3.8, 4) is 16.2 Å². The van der Waals surface area contributed by atoms with Crippen molar-refractivity contribution in [3.05, 3.63) is 39.7 Å². The van der Waals surface area contributed by atoms with Gasteiger partial charge in [-0.25, -0.2) is 4.79 Å². The van der Waals surface area contributed by atoms with Crippen LogP contribution in [0.15, 0.2) is 34.1 Å². The van der Waals surface area contributed by atoms with Crippen molar-refractivity contribution in [2.75, 3.05) is 0 Å². The van der Waals surface area contributed by atoms with E-state index in [0.29, 0.717) is 5.56 Å². The largest absolute Gasteiger partial charge is 0.507 e. The highest BCUT2D eigenvalue weighted by Crippen LogP contribution is 2.38. The third-order valence-electron chi connectivity index (χ3n) is 2.11. The predicted molar refractivity (Wildman–Crippen MR) is 66.1 cm³/mol. The van der Waals surface area contributed by atoms with Gasteiger partial charge in [0.15, 0.2) is 0 Å². The number of carboxylic acids is 1. The molecule has 0 aliphatic rings. The van der Waals surface area contributed by atoms with E-state index in [1.165, 1.54) is 23.5 Å². The standard InChI is InChI=1S/C11H7BrO3S/c12-8-3-4-16-10(8)7-2-1-6(11(14)15)5-9(7)13/h1-5,13H,(H,14,15). The third kappa shape index (κ3) is 1.96. The topological polar surface area (TPSA) is 57.5 Å². The molecule has 1 heterocycles. The summed E-state index contributed by atoms with van der Waals surface area (Å²) in [4.78, 5) is 11.6. The van der Waals surface area contributed by atoms with E-state index >= 15 is 0 Å². The maximum atomic E-state index is 10.7. The first kappa shape index (κ1) is 11.2. The lowest BCUT2D eigenvalue weighted by Gasteiger charge is -2.04. The average molecular weight is 299 g/mol. The van der Waals surface area contributed by atoms with Crippen LogP contribution in [0.3, 0.4) is 0 Å². The van der Waals surface area contributed by atoms with E-state index in [2.05, 4.69) is 15.9 Å². The molecule has 0 saturated heterocycles. The molecule has 2 rings (SSSR count). The smallest absolute Gasteiger partial charge is 0.335 e. The van der Waals surface area contributed by atoms with Gasteiger partial charge in [0.25, 0.3) is 0 Å². The lowest BCUT2D eigenvalue weighted by molar-refractivity contribution is 0.0696. The van der Waals surface area contributed by atoms with E-state index in [-0.39, 0.29) is 11.3 Å². The number of thiophene rings is 1. The Bertz CT molecular complexity index is 548. The van der Waals surface area contributed by atoms with Gasteiger partial charge >= 0.3 is 5.97 Å². The molecule has 0 unspecified atom stereocenters. The summed E-state index contributed by atoms with van der Waals surface area (Å²) in [7, 11) is 0. The van der Waals surface area contributed by atoms with E-state index in [4.69, 9.17) is 5.11 Å². The Morgan fingerprint density at radius 3 is 2.56 bits per heavy atom. The molecule has 1 aromatic heterocycles. The number of benzene rings is 1. The van der Waals surface area contributed by atoms with Crippen LogP contribution in [0.1, 0.15) is 10.4 Å². The molecule has 0 saturated carbocycles. The summed E-state index contributed by atoms with van der Waals surface area (Å²) in [6.07, 6.45) is 0. The van der Waals surface area contributed by atoms with Crippen LogP contribution in [-0.2, 0) is 0 Å². The minimum atomic E-state index is -1.05. The maximum absolute atomic E-state index is 10.7. The van der Waals surface area contributed by atoms with Crippen LogP contribution in [0.4, 0.5) is 0 Å². The number of aromatic carboxylic acids is 1. The first-order valence-corrected chi connectivity index (χ1v) is 6.06. The van der Waals surface area contributed by atoms with E-state index in [1.54, 1.807) is 6.07 Å². The fourth-order valence-corrected chi connectivity index (χ4v) is 2.96. The summed E-state index contributed by atoms with van der Waals surface area (Å²) >= 11 is 4.84. The molecule has 82 valence electrons. The van der Waals surface area contributed by atoms with Crippen molar-refractivity contribution in [2.24, 2.45) is 0 Å². The number of rotatable bonds is 2. The molecule has 0 bridgehead atoms. The average Bonchev–Trinajstić information content (AvgIpc) is 2.64. The fraction of sp³-hybridized carbons (Fsp3) is 0. The van der Waals surface area contributed by atoms with E-state index in [0.717, 1.165) is 9.35 Å². The number of hydrogen-bond acceptors (Lipinski definition) is 3. The minimum Gasteiger partial charge on any atom is -0.507 e. The van der Waals surface area contributed by atoms with Gasteiger partial charge in [-0.2, -0.15) is 0 Å².